The Bertz CT molecular complexity index is 778. The number of carbonyl (C=O) groups is 1. The third-order valence-electron chi connectivity index (χ3n) is 4.74. The van der Waals surface area contributed by atoms with E-state index in [9.17, 15) is 18.0 Å². The molecule has 2 heterocycles. The van der Waals surface area contributed by atoms with Gasteiger partial charge in [-0.05, 0) is 26.0 Å². The van der Waals surface area contributed by atoms with Crippen LogP contribution in [0.5, 0.6) is 0 Å². The molecule has 0 saturated carbocycles. The minimum Gasteiger partial charge on any atom is -0.340 e. The van der Waals surface area contributed by atoms with Crippen molar-refractivity contribution in [2.75, 3.05) is 26.2 Å². The minimum absolute atomic E-state index is 0.0441. The second kappa shape index (κ2) is 7.98. The first kappa shape index (κ1) is 19.8. The molecule has 0 aliphatic carbocycles. The van der Waals surface area contributed by atoms with Gasteiger partial charge in [-0.1, -0.05) is 12.1 Å². The Morgan fingerprint density at radius 3 is 2.33 bits per heavy atom. The van der Waals surface area contributed by atoms with Gasteiger partial charge in [0.25, 0.3) is 0 Å². The lowest BCUT2D eigenvalue weighted by Crippen LogP contribution is -2.51. The molecule has 1 aliphatic rings. The Kier molecular flexibility index (Phi) is 5.86. The van der Waals surface area contributed by atoms with Crippen molar-refractivity contribution < 1.29 is 18.0 Å². The Labute approximate surface area is 160 Å². The van der Waals surface area contributed by atoms with Crippen LogP contribution in [0.1, 0.15) is 25.1 Å². The van der Waals surface area contributed by atoms with Gasteiger partial charge in [0, 0.05) is 43.2 Å². The SMILES string of the molecule is CC(C)N1CCN(C(=O)Cc2csc(-c3ccc(C(F)(F)F)cc3)n2)CC1. The predicted molar refractivity (Wildman–Crippen MR) is 99.5 cm³/mol. The van der Waals surface area contributed by atoms with E-state index in [1.54, 1.807) is 5.38 Å². The van der Waals surface area contributed by atoms with Crippen LogP contribution in [0.25, 0.3) is 10.6 Å². The van der Waals surface area contributed by atoms with Crippen LogP contribution in [0.15, 0.2) is 29.6 Å². The van der Waals surface area contributed by atoms with Crippen molar-refractivity contribution >= 4 is 17.2 Å². The lowest BCUT2D eigenvalue weighted by atomic mass is 10.1. The number of hydrogen-bond acceptors (Lipinski definition) is 4. The zero-order valence-corrected chi connectivity index (χ0v) is 16.1. The van der Waals surface area contributed by atoms with Crippen molar-refractivity contribution in [3.8, 4) is 10.6 Å². The van der Waals surface area contributed by atoms with E-state index in [0.29, 0.717) is 35.4 Å². The molecule has 0 unspecified atom stereocenters. The summed E-state index contributed by atoms with van der Waals surface area (Å²) in [6.45, 7) is 7.47. The molecule has 1 amide bonds. The highest BCUT2D eigenvalue weighted by Crippen LogP contribution is 2.31. The van der Waals surface area contributed by atoms with Crippen LogP contribution in [-0.2, 0) is 17.4 Å². The van der Waals surface area contributed by atoms with E-state index in [2.05, 4.69) is 23.7 Å². The van der Waals surface area contributed by atoms with Crippen LogP contribution >= 0.6 is 11.3 Å². The Morgan fingerprint density at radius 1 is 1.15 bits per heavy atom. The van der Waals surface area contributed by atoms with Crippen molar-refractivity contribution in [1.29, 1.82) is 0 Å². The molecular weight excluding hydrogens is 375 g/mol. The first-order valence-electron chi connectivity index (χ1n) is 8.88. The smallest absolute Gasteiger partial charge is 0.340 e. The predicted octanol–water partition coefficient (Wildman–Crippen LogP) is 3.92. The van der Waals surface area contributed by atoms with Crippen LogP contribution in [0, 0.1) is 0 Å². The molecule has 0 atom stereocenters. The number of piperazine rings is 1. The molecular formula is C19H22F3N3OS. The molecule has 146 valence electrons. The summed E-state index contributed by atoms with van der Waals surface area (Å²) in [6, 6.07) is 5.41. The van der Waals surface area contributed by atoms with E-state index < -0.39 is 11.7 Å². The zero-order valence-electron chi connectivity index (χ0n) is 15.3. The van der Waals surface area contributed by atoms with E-state index in [1.165, 1.54) is 23.5 Å². The summed E-state index contributed by atoms with van der Waals surface area (Å²) in [5, 5.41) is 2.42. The van der Waals surface area contributed by atoms with Crippen molar-refractivity contribution in [2.45, 2.75) is 32.5 Å². The van der Waals surface area contributed by atoms with Gasteiger partial charge in [0.1, 0.15) is 5.01 Å². The van der Waals surface area contributed by atoms with Crippen LogP contribution in [0.2, 0.25) is 0 Å². The Balaban J connectivity index is 1.60. The van der Waals surface area contributed by atoms with Gasteiger partial charge in [0.05, 0.1) is 17.7 Å². The molecule has 1 saturated heterocycles. The molecule has 4 nitrogen and oxygen atoms in total. The number of carbonyl (C=O) groups excluding carboxylic acids is 1. The fourth-order valence-electron chi connectivity index (χ4n) is 3.08. The number of thiazole rings is 1. The molecule has 0 spiro atoms. The average Bonchev–Trinajstić information content (AvgIpc) is 3.09. The first-order chi connectivity index (χ1) is 12.7. The van der Waals surface area contributed by atoms with Gasteiger partial charge in [-0.25, -0.2) is 4.98 Å². The number of aromatic nitrogens is 1. The quantitative estimate of drug-likeness (QED) is 0.785. The van der Waals surface area contributed by atoms with Gasteiger partial charge >= 0.3 is 6.18 Å². The molecule has 3 rings (SSSR count). The van der Waals surface area contributed by atoms with E-state index in [-0.39, 0.29) is 12.3 Å². The Hall–Kier alpha value is -1.93. The summed E-state index contributed by atoms with van der Waals surface area (Å²) in [5.41, 5.74) is 0.599. The number of nitrogens with zero attached hydrogens (tertiary/aromatic N) is 3. The molecule has 0 N–H and O–H groups in total. The lowest BCUT2D eigenvalue weighted by molar-refractivity contribution is -0.137. The van der Waals surface area contributed by atoms with Crippen LogP contribution in [-0.4, -0.2) is 52.9 Å². The maximum Gasteiger partial charge on any atom is 0.416 e. The third-order valence-corrected chi connectivity index (χ3v) is 5.68. The van der Waals surface area contributed by atoms with Crippen molar-refractivity contribution in [3.63, 3.8) is 0 Å². The summed E-state index contributed by atoms with van der Waals surface area (Å²) in [5.74, 6) is 0.0441. The molecule has 0 bridgehead atoms. The van der Waals surface area contributed by atoms with Crippen molar-refractivity contribution in [1.82, 2.24) is 14.8 Å². The van der Waals surface area contributed by atoms with Gasteiger partial charge in [-0.2, -0.15) is 13.2 Å². The zero-order chi connectivity index (χ0) is 19.6. The molecule has 27 heavy (non-hydrogen) atoms. The minimum atomic E-state index is -4.35. The summed E-state index contributed by atoms with van der Waals surface area (Å²) in [6.07, 6.45) is -4.13. The highest BCUT2D eigenvalue weighted by molar-refractivity contribution is 7.13. The number of amides is 1. The molecule has 0 radical (unpaired) electrons. The monoisotopic (exact) mass is 397 g/mol. The van der Waals surface area contributed by atoms with Gasteiger partial charge < -0.3 is 4.90 Å². The fraction of sp³-hybridized carbons (Fsp3) is 0.474. The summed E-state index contributed by atoms with van der Waals surface area (Å²) in [4.78, 5) is 21.1. The van der Waals surface area contributed by atoms with Crippen LogP contribution < -0.4 is 0 Å². The summed E-state index contributed by atoms with van der Waals surface area (Å²) in [7, 11) is 0. The molecule has 2 aromatic rings. The second-order valence-electron chi connectivity index (χ2n) is 6.91. The maximum absolute atomic E-state index is 12.7. The van der Waals surface area contributed by atoms with Gasteiger partial charge in [0.2, 0.25) is 5.91 Å². The van der Waals surface area contributed by atoms with Gasteiger partial charge in [-0.3, -0.25) is 9.69 Å². The summed E-state index contributed by atoms with van der Waals surface area (Å²) < 4.78 is 38.0. The van der Waals surface area contributed by atoms with Gasteiger partial charge in [0.15, 0.2) is 0 Å². The van der Waals surface area contributed by atoms with Crippen LogP contribution in [0.4, 0.5) is 13.2 Å². The van der Waals surface area contributed by atoms with E-state index >= 15 is 0 Å². The number of rotatable bonds is 4. The highest BCUT2D eigenvalue weighted by atomic mass is 32.1. The normalized spacial score (nSPS) is 16.1. The molecule has 1 aromatic carbocycles. The van der Waals surface area contributed by atoms with E-state index in [1.807, 2.05) is 4.90 Å². The number of alkyl halides is 3. The molecule has 1 aliphatic heterocycles. The van der Waals surface area contributed by atoms with Gasteiger partial charge in [-0.15, -0.1) is 11.3 Å². The number of benzene rings is 1. The summed E-state index contributed by atoms with van der Waals surface area (Å²) >= 11 is 1.34. The average molecular weight is 397 g/mol. The molecule has 1 fully saturated rings. The highest BCUT2D eigenvalue weighted by Gasteiger charge is 2.30. The maximum atomic E-state index is 12.7. The van der Waals surface area contributed by atoms with E-state index in [4.69, 9.17) is 0 Å². The van der Waals surface area contributed by atoms with Crippen molar-refractivity contribution in [3.05, 3.63) is 40.9 Å². The Morgan fingerprint density at radius 2 is 1.78 bits per heavy atom. The molecule has 1 aromatic heterocycles. The third kappa shape index (κ3) is 4.87. The van der Waals surface area contributed by atoms with Crippen LogP contribution in [0.3, 0.4) is 0 Å². The fourth-order valence-corrected chi connectivity index (χ4v) is 3.90. The standard InChI is InChI=1S/C19H22F3N3OS/c1-13(2)24-7-9-25(10-8-24)17(26)11-16-12-27-18(23-16)14-3-5-15(6-4-14)19(20,21)22/h3-6,12-13H,7-11H2,1-2H3. The second-order valence-corrected chi connectivity index (χ2v) is 7.76. The van der Waals surface area contributed by atoms with E-state index in [0.717, 1.165) is 25.2 Å². The van der Waals surface area contributed by atoms with Crippen molar-refractivity contribution in [2.24, 2.45) is 0 Å². The number of halogens is 3. The topological polar surface area (TPSA) is 36.4 Å². The number of hydrogen-bond donors (Lipinski definition) is 0. The lowest BCUT2D eigenvalue weighted by Gasteiger charge is -2.36. The largest absolute Gasteiger partial charge is 0.416 e. The molecule has 8 heteroatoms. The first-order valence-corrected chi connectivity index (χ1v) is 9.76.